The molecular weight excluding hydrogens is 384 g/mol. The Labute approximate surface area is 191 Å². The molecule has 0 aliphatic heterocycles. The Balaban J connectivity index is 2.04. The van der Waals surface area contributed by atoms with Crippen molar-refractivity contribution in [3.8, 4) is 0 Å². The quantitative estimate of drug-likeness (QED) is 0.177. The summed E-state index contributed by atoms with van der Waals surface area (Å²) in [7, 11) is 0. The van der Waals surface area contributed by atoms with E-state index >= 15 is 0 Å². The number of hydrogen-bond donors (Lipinski definition) is 1. The van der Waals surface area contributed by atoms with Gasteiger partial charge in [-0.15, -0.1) is 0 Å². The average molecular weight is 433 g/mol. The van der Waals surface area contributed by atoms with Gasteiger partial charge in [0, 0.05) is 16.7 Å². The Morgan fingerprint density at radius 1 is 0.710 bits per heavy atom. The predicted molar refractivity (Wildman–Crippen MR) is 131 cm³/mol. The molecule has 1 rings (SSSR count). The molecular formula is C28H48O3. The standard InChI is InChI=1S/C28H48O3/c1-5-6-7-8-9-10-11-12-13-14-15-16-17-18-20-28(4,31)21-19-25-22-26(29)23(2)24(3)27(25)30/h22,31H,5-21H2,1-4H3. The molecule has 0 amide bonds. The van der Waals surface area contributed by atoms with Crippen molar-refractivity contribution in [1.29, 1.82) is 0 Å². The number of carbonyl (C=O) groups excluding carboxylic acids is 2. The van der Waals surface area contributed by atoms with E-state index in [1.807, 2.05) is 6.92 Å². The topological polar surface area (TPSA) is 54.4 Å². The molecule has 1 aliphatic carbocycles. The van der Waals surface area contributed by atoms with Crippen molar-refractivity contribution in [1.82, 2.24) is 0 Å². The van der Waals surface area contributed by atoms with E-state index in [1.165, 1.54) is 83.1 Å². The molecule has 3 nitrogen and oxygen atoms in total. The van der Waals surface area contributed by atoms with Crippen molar-refractivity contribution >= 4 is 11.6 Å². The molecule has 31 heavy (non-hydrogen) atoms. The van der Waals surface area contributed by atoms with E-state index in [1.54, 1.807) is 13.8 Å². The molecule has 0 heterocycles. The van der Waals surface area contributed by atoms with Crippen LogP contribution in [0.5, 0.6) is 0 Å². The van der Waals surface area contributed by atoms with Gasteiger partial charge in [-0.05, 0) is 46.1 Å². The highest BCUT2D eigenvalue weighted by molar-refractivity contribution is 6.22. The molecule has 178 valence electrons. The highest BCUT2D eigenvalue weighted by Crippen LogP contribution is 2.27. The van der Waals surface area contributed by atoms with Crippen LogP contribution < -0.4 is 0 Å². The second-order valence-electron chi connectivity index (χ2n) is 9.96. The van der Waals surface area contributed by atoms with Gasteiger partial charge in [-0.25, -0.2) is 0 Å². The Morgan fingerprint density at radius 3 is 1.65 bits per heavy atom. The summed E-state index contributed by atoms with van der Waals surface area (Å²) in [5.41, 5.74) is 0.872. The molecule has 0 radical (unpaired) electrons. The van der Waals surface area contributed by atoms with Gasteiger partial charge >= 0.3 is 0 Å². The minimum Gasteiger partial charge on any atom is -0.390 e. The smallest absolute Gasteiger partial charge is 0.185 e. The number of ketones is 2. The first-order valence-corrected chi connectivity index (χ1v) is 13.0. The van der Waals surface area contributed by atoms with Gasteiger partial charge in [0.2, 0.25) is 0 Å². The molecule has 0 spiro atoms. The number of unbranched alkanes of at least 4 members (excludes halogenated alkanes) is 13. The van der Waals surface area contributed by atoms with Crippen LogP contribution in [0.15, 0.2) is 22.8 Å². The molecule has 1 unspecified atom stereocenters. The van der Waals surface area contributed by atoms with Crippen molar-refractivity contribution < 1.29 is 14.7 Å². The summed E-state index contributed by atoms with van der Waals surface area (Å²) in [6.07, 6.45) is 21.8. The van der Waals surface area contributed by atoms with E-state index < -0.39 is 5.60 Å². The summed E-state index contributed by atoms with van der Waals surface area (Å²) >= 11 is 0. The lowest BCUT2D eigenvalue weighted by Crippen LogP contribution is -2.25. The van der Waals surface area contributed by atoms with Gasteiger partial charge in [-0.3, -0.25) is 9.59 Å². The van der Waals surface area contributed by atoms with Gasteiger partial charge in [0.15, 0.2) is 11.6 Å². The molecule has 1 aliphatic rings. The zero-order chi connectivity index (χ0) is 23.1. The molecule has 0 saturated carbocycles. The summed E-state index contributed by atoms with van der Waals surface area (Å²) in [5.74, 6) is -0.108. The van der Waals surface area contributed by atoms with Gasteiger partial charge in [0.1, 0.15) is 0 Å². The summed E-state index contributed by atoms with van der Waals surface area (Å²) < 4.78 is 0. The van der Waals surface area contributed by atoms with Gasteiger partial charge < -0.3 is 5.11 Å². The third-order valence-electron chi connectivity index (χ3n) is 6.87. The van der Waals surface area contributed by atoms with Crippen LogP contribution in [-0.2, 0) is 9.59 Å². The van der Waals surface area contributed by atoms with Gasteiger partial charge in [0.25, 0.3) is 0 Å². The van der Waals surface area contributed by atoms with E-state index in [4.69, 9.17) is 0 Å². The van der Waals surface area contributed by atoms with Gasteiger partial charge in [0.05, 0.1) is 5.60 Å². The van der Waals surface area contributed by atoms with E-state index in [0.717, 1.165) is 19.3 Å². The minimum absolute atomic E-state index is 0.0376. The first kappa shape index (κ1) is 27.8. The third kappa shape index (κ3) is 11.8. The Morgan fingerprint density at radius 2 is 1.16 bits per heavy atom. The fourth-order valence-corrected chi connectivity index (χ4v) is 4.34. The molecule has 0 bridgehead atoms. The lowest BCUT2D eigenvalue weighted by Gasteiger charge is -2.24. The highest BCUT2D eigenvalue weighted by atomic mass is 16.3. The Bertz CT molecular complexity index is 610. The lowest BCUT2D eigenvalue weighted by atomic mass is 9.85. The van der Waals surface area contributed by atoms with Gasteiger partial charge in [-0.1, -0.05) is 96.8 Å². The maximum absolute atomic E-state index is 12.3. The van der Waals surface area contributed by atoms with Crippen LogP contribution in [0.2, 0.25) is 0 Å². The van der Waals surface area contributed by atoms with Crippen LogP contribution in [0, 0.1) is 0 Å². The van der Waals surface area contributed by atoms with Crippen LogP contribution in [0.3, 0.4) is 0 Å². The van der Waals surface area contributed by atoms with Crippen LogP contribution in [0.25, 0.3) is 0 Å². The second-order valence-corrected chi connectivity index (χ2v) is 9.96. The van der Waals surface area contributed by atoms with Crippen molar-refractivity contribution in [2.45, 2.75) is 142 Å². The summed E-state index contributed by atoms with van der Waals surface area (Å²) in [4.78, 5) is 24.3. The van der Waals surface area contributed by atoms with E-state index in [2.05, 4.69) is 6.92 Å². The average Bonchev–Trinajstić information content (AvgIpc) is 2.74. The fourth-order valence-electron chi connectivity index (χ4n) is 4.34. The first-order chi connectivity index (χ1) is 14.8. The summed E-state index contributed by atoms with van der Waals surface area (Å²) in [6, 6.07) is 0. The van der Waals surface area contributed by atoms with Crippen molar-refractivity contribution in [2.75, 3.05) is 0 Å². The van der Waals surface area contributed by atoms with Crippen LogP contribution >= 0.6 is 0 Å². The fraction of sp³-hybridized carbons (Fsp3) is 0.786. The van der Waals surface area contributed by atoms with Gasteiger partial charge in [-0.2, -0.15) is 0 Å². The van der Waals surface area contributed by atoms with Crippen LogP contribution in [-0.4, -0.2) is 22.3 Å². The maximum atomic E-state index is 12.3. The second kappa shape index (κ2) is 15.6. The minimum atomic E-state index is -0.772. The lowest BCUT2D eigenvalue weighted by molar-refractivity contribution is -0.116. The number of hydrogen-bond acceptors (Lipinski definition) is 3. The number of allylic oxidation sites excluding steroid dienone is 4. The number of rotatable bonds is 18. The maximum Gasteiger partial charge on any atom is 0.185 e. The molecule has 0 aromatic carbocycles. The van der Waals surface area contributed by atoms with Crippen LogP contribution in [0.4, 0.5) is 0 Å². The van der Waals surface area contributed by atoms with E-state index in [-0.39, 0.29) is 11.6 Å². The molecule has 0 saturated heterocycles. The van der Waals surface area contributed by atoms with Crippen molar-refractivity contribution in [2.24, 2.45) is 0 Å². The molecule has 0 aromatic rings. The number of carbonyl (C=O) groups is 2. The number of Topliss-reactive ketones (excluding diaryl/α,β-unsaturated/α-hetero) is 1. The third-order valence-corrected chi connectivity index (χ3v) is 6.87. The molecule has 1 N–H and O–H groups in total. The van der Waals surface area contributed by atoms with E-state index in [0.29, 0.717) is 29.6 Å². The van der Waals surface area contributed by atoms with E-state index in [9.17, 15) is 14.7 Å². The Hall–Kier alpha value is -1.22. The zero-order valence-corrected chi connectivity index (χ0v) is 20.9. The summed E-state index contributed by atoms with van der Waals surface area (Å²) in [6.45, 7) is 7.55. The monoisotopic (exact) mass is 432 g/mol. The van der Waals surface area contributed by atoms with Crippen molar-refractivity contribution in [3.05, 3.63) is 22.8 Å². The highest BCUT2D eigenvalue weighted by Gasteiger charge is 2.26. The molecule has 0 fully saturated rings. The summed E-state index contributed by atoms with van der Waals surface area (Å²) in [5, 5.41) is 10.7. The zero-order valence-electron chi connectivity index (χ0n) is 20.9. The number of aliphatic hydroxyl groups is 1. The molecule has 0 aromatic heterocycles. The first-order valence-electron chi connectivity index (χ1n) is 13.0. The normalized spacial score (nSPS) is 16.6. The predicted octanol–water partition coefficient (Wildman–Crippen LogP) is 7.80. The van der Waals surface area contributed by atoms with Crippen LogP contribution in [0.1, 0.15) is 137 Å². The SMILES string of the molecule is CCCCCCCCCCCCCCCCC(C)(O)CCC1=CC(=O)C(C)=C(C)C1=O. The molecule has 1 atom stereocenters. The largest absolute Gasteiger partial charge is 0.390 e. The molecule has 3 heteroatoms. The van der Waals surface area contributed by atoms with Crippen molar-refractivity contribution in [3.63, 3.8) is 0 Å². The Kier molecular flexibility index (Phi) is 14.0.